The number of hydrogen-bond donors (Lipinski definition) is 1. The summed E-state index contributed by atoms with van der Waals surface area (Å²) in [6.07, 6.45) is 0.0678. The van der Waals surface area contributed by atoms with Crippen molar-refractivity contribution < 1.29 is 14.0 Å². The smallest absolute Gasteiger partial charge is 0.168 e. The second kappa shape index (κ2) is 8.01. The number of aldehydes is 1. The maximum atomic E-state index is 13.5. The maximum Gasteiger partial charge on any atom is 0.168 e. The van der Waals surface area contributed by atoms with Crippen molar-refractivity contribution in [1.82, 2.24) is 0 Å². The molecular formula is C9H12Br2FNO2. The van der Waals surface area contributed by atoms with Gasteiger partial charge >= 0.3 is 0 Å². The van der Waals surface area contributed by atoms with E-state index < -0.39 is 6.17 Å². The van der Waals surface area contributed by atoms with E-state index in [1.807, 2.05) is 6.92 Å². The molecule has 0 rings (SSSR count). The Balaban J connectivity index is 5.04. The molecule has 0 saturated carbocycles. The first-order chi connectivity index (χ1) is 7.12. The molecule has 0 aromatic heterocycles. The Hall–Kier alpha value is -0.200. The summed E-state index contributed by atoms with van der Waals surface area (Å²) in [6, 6.07) is 0. The van der Waals surface area contributed by atoms with Gasteiger partial charge < -0.3 is 4.84 Å². The second-order valence-electron chi connectivity index (χ2n) is 2.73. The molecule has 0 aliphatic carbocycles. The highest BCUT2D eigenvalue weighted by Gasteiger charge is 2.18. The summed E-state index contributed by atoms with van der Waals surface area (Å²) in [5.41, 5.74) is -0.00648. The molecule has 0 aliphatic heterocycles. The van der Waals surface area contributed by atoms with Crippen molar-refractivity contribution in [2.75, 3.05) is 0 Å². The Morgan fingerprint density at radius 3 is 2.60 bits per heavy atom. The monoisotopic (exact) mass is 343 g/mol. The van der Waals surface area contributed by atoms with Crippen LogP contribution < -0.4 is 5.90 Å². The second-order valence-corrected chi connectivity index (χ2v) is 3.99. The van der Waals surface area contributed by atoms with Crippen molar-refractivity contribution in [2.24, 2.45) is 5.90 Å². The predicted octanol–water partition coefficient (Wildman–Crippen LogP) is 3.10. The quantitative estimate of drug-likeness (QED) is 0.265. The first-order valence-electron chi connectivity index (χ1n) is 4.28. The van der Waals surface area contributed by atoms with Crippen LogP contribution in [0.4, 0.5) is 4.39 Å². The first kappa shape index (κ1) is 14.8. The summed E-state index contributed by atoms with van der Waals surface area (Å²) in [5, 5.41) is 0. The molecule has 0 heterocycles. The average molecular weight is 345 g/mol. The highest BCUT2D eigenvalue weighted by molar-refractivity contribution is 9.12. The largest absolute Gasteiger partial charge is 0.410 e. The number of hydrogen-bond acceptors (Lipinski definition) is 3. The molecule has 0 radical (unpaired) electrons. The van der Waals surface area contributed by atoms with Crippen molar-refractivity contribution in [3.63, 3.8) is 0 Å². The molecule has 3 nitrogen and oxygen atoms in total. The van der Waals surface area contributed by atoms with Crippen LogP contribution in [0.15, 0.2) is 20.8 Å². The third-order valence-electron chi connectivity index (χ3n) is 1.70. The normalized spacial score (nSPS) is 15.7. The minimum absolute atomic E-state index is 0.00648. The van der Waals surface area contributed by atoms with E-state index in [4.69, 9.17) is 5.90 Å². The van der Waals surface area contributed by atoms with E-state index in [0.717, 1.165) is 0 Å². The average Bonchev–Trinajstić information content (AvgIpc) is 2.21. The molecule has 0 spiro atoms. The Bertz CT molecular complexity index is 279. The number of allylic oxidation sites excluding steroid dienone is 2. The first-order valence-corrected chi connectivity index (χ1v) is 5.99. The fraction of sp³-hybridized carbons (Fsp3) is 0.444. The molecule has 86 valence electrons. The van der Waals surface area contributed by atoms with Crippen molar-refractivity contribution in [3.8, 4) is 0 Å². The van der Waals surface area contributed by atoms with Gasteiger partial charge in [0.05, 0.1) is 4.48 Å². The third-order valence-corrected chi connectivity index (χ3v) is 2.97. The van der Waals surface area contributed by atoms with Crippen LogP contribution in [-0.4, -0.2) is 12.5 Å². The molecule has 1 atom stereocenters. The minimum Gasteiger partial charge on any atom is -0.410 e. The molecule has 1 unspecified atom stereocenters. The van der Waals surface area contributed by atoms with Crippen LogP contribution in [0.3, 0.4) is 0 Å². The molecule has 0 bridgehead atoms. The Labute approximate surface area is 105 Å². The van der Waals surface area contributed by atoms with Gasteiger partial charge in [-0.3, -0.25) is 4.79 Å². The molecule has 0 aromatic carbocycles. The van der Waals surface area contributed by atoms with Gasteiger partial charge in [-0.15, -0.1) is 0 Å². The van der Waals surface area contributed by atoms with Gasteiger partial charge in [0.1, 0.15) is 12.5 Å². The number of rotatable bonds is 6. The van der Waals surface area contributed by atoms with E-state index >= 15 is 0 Å². The van der Waals surface area contributed by atoms with Gasteiger partial charge in [-0.25, -0.2) is 4.39 Å². The van der Waals surface area contributed by atoms with Crippen LogP contribution in [0, 0.1) is 0 Å². The molecule has 15 heavy (non-hydrogen) atoms. The molecular weight excluding hydrogens is 333 g/mol. The van der Waals surface area contributed by atoms with Gasteiger partial charge in [0, 0.05) is 10.6 Å². The standard InChI is InChI=1S/C9H12Br2FNO2/c1-2-3-7(12)6(5-14)9(11)8(4-10)15-13/h4-5,7H,2-3,13H2,1H3/b8-4-,9-6-. The topological polar surface area (TPSA) is 52.3 Å². The summed E-state index contributed by atoms with van der Waals surface area (Å²) in [7, 11) is 0. The van der Waals surface area contributed by atoms with Crippen molar-refractivity contribution in [1.29, 1.82) is 0 Å². The van der Waals surface area contributed by atoms with E-state index in [-0.39, 0.29) is 22.2 Å². The van der Waals surface area contributed by atoms with Crippen LogP contribution in [0.2, 0.25) is 0 Å². The Kier molecular flexibility index (Phi) is 7.90. The van der Waals surface area contributed by atoms with E-state index in [1.54, 1.807) is 0 Å². The number of halogens is 3. The van der Waals surface area contributed by atoms with Gasteiger partial charge in [-0.1, -0.05) is 29.3 Å². The molecule has 0 saturated heterocycles. The van der Waals surface area contributed by atoms with Crippen LogP contribution >= 0.6 is 31.9 Å². The molecule has 0 fully saturated rings. The summed E-state index contributed by atoms with van der Waals surface area (Å²) in [6.45, 7) is 1.84. The van der Waals surface area contributed by atoms with Crippen molar-refractivity contribution >= 4 is 38.1 Å². The van der Waals surface area contributed by atoms with Crippen molar-refractivity contribution in [2.45, 2.75) is 25.9 Å². The van der Waals surface area contributed by atoms with E-state index in [0.29, 0.717) is 12.7 Å². The fourth-order valence-corrected chi connectivity index (χ4v) is 2.13. The lowest BCUT2D eigenvalue weighted by Gasteiger charge is -2.10. The fourth-order valence-electron chi connectivity index (χ4n) is 0.940. The number of nitrogens with two attached hydrogens (primary N) is 1. The zero-order chi connectivity index (χ0) is 11.8. The molecule has 6 heteroatoms. The zero-order valence-electron chi connectivity index (χ0n) is 8.17. The SMILES string of the molecule is CCCC(F)/C(C=O)=C(Br)/C(=C/Br)ON. The van der Waals surface area contributed by atoms with Gasteiger partial charge in [-0.2, -0.15) is 5.90 Å². The van der Waals surface area contributed by atoms with Gasteiger partial charge in [0.2, 0.25) is 0 Å². The molecule has 0 aromatic rings. The van der Waals surface area contributed by atoms with Gasteiger partial charge in [-0.05, 0) is 22.4 Å². The van der Waals surface area contributed by atoms with Gasteiger partial charge in [0.15, 0.2) is 5.76 Å². The molecule has 2 N–H and O–H groups in total. The molecule has 0 aliphatic rings. The number of carbonyl (C=O) groups is 1. The van der Waals surface area contributed by atoms with E-state index in [2.05, 4.69) is 36.7 Å². The minimum atomic E-state index is -1.32. The van der Waals surface area contributed by atoms with Crippen molar-refractivity contribution in [3.05, 3.63) is 20.8 Å². The highest BCUT2D eigenvalue weighted by atomic mass is 79.9. The predicted molar refractivity (Wildman–Crippen MR) is 64.1 cm³/mol. The van der Waals surface area contributed by atoms with Crippen LogP contribution in [0.1, 0.15) is 19.8 Å². The van der Waals surface area contributed by atoms with Crippen LogP contribution in [0.25, 0.3) is 0 Å². The van der Waals surface area contributed by atoms with Crippen LogP contribution in [0.5, 0.6) is 0 Å². The van der Waals surface area contributed by atoms with E-state index in [1.165, 1.54) is 4.99 Å². The Morgan fingerprint density at radius 2 is 2.27 bits per heavy atom. The summed E-state index contributed by atoms with van der Waals surface area (Å²) in [5.74, 6) is 5.11. The third kappa shape index (κ3) is 4.44. The summed E-state index contributed by atoms with van der Waals surface area (Å²) in [4.78, 5) is 16.5. The number of carbonyl (C=O) groups excluding carboxylic acids is 1. The zero-order valence-corrected chi connectivity index (χ0v) is 11.3. The molecule has 0 amide bonds. The lowest BCUT2D eigenvalue weighted by Crippen LogP contribution is -2.10. The van der Waals surface area contributed by atoms with E-state index in [9.17, 15) is 9.18 Å². The lowest BCUT2D eigenvalue weighted by molar-refractivity contribution is -0.105. The van der Waals surface area contributed by atoms with Crippen LogP contribution in [-0.2, 0) is 9.63 Å². The van der Waals surface area contributed by atoms with Gasteiger partial charge in [0.25, 0.3) is 0 Å². The maximum absolute atomic E-state index is 13.5. The lowest BCUT2D eigenvalue weighted by atomic mass is 10.1. The highest BCUT2D eigenvalue weighted by Crippen LogP contribution is 2.26. The Morgan fingerprint density at radius 1 is 1.67 bits per heavy atom. The summed E-state index contributed by atoms with van der Waals surface area (Å²) < 4.78 is 13.7. The summed E-state index contributed by atoms with van der Waals surface area (Å²) >= 11 is 6.06. The number of alkyl halides is 1.